The van der Waals surface area contributed by atoms with Gasteiger partial charge in [0.15, 0.2) is 0 Å². The summed E-state index contributed by atoms with van der Waals surface area (Å²) in [5.41, 5.74) is 3.06. The summed E-state index contributed by atoms with van der Waals surface area (Å²) in [5, 5.41) is 2.90. The Morgan fingerprint density at radius 2 is 2.09 bits per heavy atom. The number of aliphatic imine (C=N–C) groups is 2. The number of amidine groups is 1. The van der Waals surface area contributed by atoms with Gasteiger partial charge in [-0.3, -0.25) is 25.0 Å². The van der Waals surface area contributed by atoms with E-state index < -0.39 is 0 Å². The molecule has 23 heavy (non-hydrogen) atoms. The highest BCUT2D eigenvalue weighted by atomic mass is 16.1. The van der Waals surface area contributed by atoms with E-state index in [4.69, 9.17) is 0 Å². The highest BCUT2D eigenvalue weighted by molar-refractivity contribution is 6.19. The van der Waals surface area contributed by atoms with E-state index in [-0.39, 0.29) is 5.91 Å². The second-order valence-corrected chi connectivity index (χ2v) is 5.40. The molecular weight excluding hydrogens is 290 g/mol. The Balaban J connectivity index is 1.70. The van der Waals surface area contributed by atoms with Crippen LogP contribution in [0.3, 0.4) is 0 Å². The van der Waals surface area contributed by atoms with Crippen LogP contribution in [0.5, 0.6) is 0 Å². The SMILES string of the molecule is Cc1ncccc1C(=O)NC1=Nc2ccccc2C2=NCCN12. The molecule has 4 rings (SSSR count). The number of aromatic nitrogens is 1. The van der Waals surface area contributed by atoms with Crippen molar-refractivity contribution < 1.29 is 4.79 Å². The largest absolute Gasteiger partial charge is 0.294 e. The third-order valence-corrected chi connectivity index (χ3v) is 3.94. The maximum atomic E-state index is 12.5. The van der Waals surface area contributed by atoms with E-state index >= 15 is 0 Å². The quantitative estimate of drug-likeness (QED) is 0.874. The molecule has 3 heterocycles. The van der Waals surface area contributed by atoms with Gasteiger partial charge in [-0.25, -0.2) is 4.99 Å². The second-order valence-electron chi connectivity index (χ2n) is 5.40. The minimum atomic E-state index is -0.208. The molecule has 0 atom stereocenters. The van der Waals surface area contributed by atoms with Gasteiger partial charge in [-0.1, -0.05) is 12.1 Å². The summed E-state index contributed by atoms with van der Waals surface area (Å²) < 4.78 is 0. The molecule has 6 heteroatoms. The van der Waals surface area contributed by atoms with E-state index in [0.717, 1.165) is 23.6 Å². The number of fused-ring (bicyclic) bond motifs is 3. The Bertz CT molecular complexity index is 856. The molecule has 0 spiro atoms. The molecular formula is C17H15N5O. The molecule has 0 radical (unpaired) electrons. The fourth-order valence-electron chi connectivity index (χ4n) is 2.81. The number of para-hydroxylation sites is 1. The number of benzene rings is 1. The van der Waals surface area contributed by atoms with Crippen LogP contribution in [0.4, 0.5) is 5.69 Å². The topological polar surface area (TPSA) is 70.0 Å². The van der Waals surface area contributed by atoms with Gasteiger partial charge in [0.2, 0.25) is 5.96 Å². The van der Waals surface area contributed by atoms with Gasteiger partial charge in [-0.2, -0.15) is 0 Å². The van der Waals surface area contributed by atoms with Crippen LogP contribution in [0.2, 0.25) is 0 Å². The normalized spacial score (nSPS) is 15.4. The molecule has 2 aromatic rings. The van der Waals surface area contributed by atoms with E-state index in [1.807, 2.05) is 36.1 Å². The van der Waals surface area contributed by atoms with E-state index in [0.29, 0.717) is 23.8 Å². The van der Waals surface area contributed by atoms with Crippen molar-refractivity contribution in [2.45, 2.75) is 6.92 Å². The molecule has 0 aliphatic carbocycles. The van der Waals surface area contributed by atoms with Crippen molar-refractivity contribution >= 4 is 23.4 Å². The minimum absolute atomic E-state index is 0.208. The highest BCUT2D eigenvalue weighted by Gasteiger charge is 2.30. The minimum Gasteiger partial charge on any atom is -0.294 e. The number of guanidine groups is 1. The number of carbonyl (C=O) groups is 1. The fourth-order valence-corrected chi connectivity index (χ4v) is 2.81. The number of amides is 1. The van der Waals surface area contributed by atoms with Crippen molar-refractivity contribution in [1.29, 1.82) is 0 Å². The Labute approximate surface area is 133 Å². The first-order chi connectivity index (χ1) is 11.2. The van der Waals surface area contributed by atoms with Crippen LogP contribution in [0.25, 0.3) is 0 Å². The van der Waals surface area contributed by atoms with Crippen molar-refractivity contribution in [1.82, 2.24) is 15.2 Å². The third kappa shape index (κ3) is 2.28. The van der Waals surface area contributed by atoms with Crippen LogP contribution in [0.15, 0.2) is 52.6 Å². The predicted molar refractivity (Wildman–Crippen MR) is 88.1 cm³/mol. The summed E-state index contributed by atoms with van der Waals surface area (Å²) in [6, 6.07) is 11.3. The summed E-state index contributed by atoms with van der Waals surface area (Å²) in [5.74, 6) is 1.18. The maximum Gasteiger partial charge on any atom is 0.259 e. The molecule has 0 saturated heterocycles. The first-order valence-electron chi connectivity index (χ1n) is 7.47. The van der Waals surface area contributed by atoms with Gasteiger partial charge in [0.1, 0.15) is 5.84 Å². The van der Waals surface area contributed by atoms with Gasteiger partial charge < -0.3 is 0 Å². The maximum absolute atomic E-state index is 12.5. The molecule has 1 amide bonds. The summed E-state index contributed by atoms with van der Waals surface area (Å²) >= 11 is 0. The Hall–Kier alpha value is -3.02. The lowest BCUT2D eigenvalue weighted by Crippen LogP contribution is -2.47. The van der Waals surface area contributed by atoms with Crippen molar-refractivity contribution in [3.8, 4) is 0 Å². The first-order valence-corrected chi connectivity index (χ1v) is 7.47. The molecule has 6 nitrogen and oxygen atoms in total. The summed E-state index contributed by atoms with van der Waals surface area (Å²) in [4.78, 5) is 27.8. The standard InChI is InChI=1S/C17H15N5O/c1-11-12(6-4-8-18-11)16(23)21-17-20-14-7-3-2-5-13(14)15-19-9-10-22(15)17/h2-8H,9-10H2,1H3,(H,20,21,23). The highest BCUT2D eigenvalue weighted by Crippen LogP contribution is 2.27. The summed E-state index contributed by atoms with van der Waals surface area (Å²) in [7, 11) is 0. The number of rotatable bonds is 1. The molecule has 0 saturated carbocycles. The molecule has 1 N–H and O–H groups in total. The molecule has 2 aliphatic heterocycles. The van der Waals surface area contributed by atoms with Crippen LogP contribution in [-0.2, 0) is 0 Å². The van der Waals surface area contributed by atoms with Crippen molar-refractivity contribution in [3.63, 3.8) is 0 Å². The lowest BCUT2D eigenvalue weighted by atomic mass is 10.1. The number of aryl methyl sites for hydroxylation is 1. The van der Waals surface area contributed by atoms with Crippen molar-refractivity contribution in [3.05, 3.63) is 59.4 Å². The predicted octanol–water partition coefficient (Wildman–Crippen LogP) is 1.88. The van der Waals surface area contributed by atoms with E-state index in [9.17, 15) is 4.79 Å². The molecule has 0 bridgehead atoms. The lowest BCUT2D eigenvalue weighted by Gasteiger charge is -2.27. The Morgan fingerprint density at radius 1 is 1.22 bits per heavy atom. The number of hydrogen-bond acceptors (Lipinski definition) is 5. The zero-order valence-corrected chi connectivity index (χ0v) is 12.7. The van der Waals surface area contributed by atoms with Gasteiger partial charge in [0.25, 0.3) is 5.91 Å². The van der Waals surface area contributed by atoms with Gasteiger partial charge in [0.05, 0.1) is 17.8 Å². The number of nitrogens with zero attached hydrogens (tertiary/aromatic N) is 4. The number of pyridine rings is 1. The van der Waals surface area contributed by atoms with Crippen molar-refractivity contribution in [2.75, 3.05) is 13.1 Å². The zero-order chi connectivity index (χ0) is 15.8. The Morgan fingerprint density at radius 3 is 2.96 bits per heavy atom. The zero-order valence-electron chi connectivity index (χ0n) is 12.7. The number of nitrogens with one attached hydrogen (secondary N) is 1. The molecule has 1 aromatic heterocycles. The Kier molecular flexibility index (Phi) is 3.15. The summed E-state index contributed by atoms with van der Waals surface area (Å²) in [6.07, 6.45) is 1.67. The van der Waals surface area contributed by atoms with Crippen LogP contribution in [-0.4, -0.2) is 40.7 Å². The first kappa shape index (κ1) is 13.6. The summed E-state index contributed by atoms with van der Waals surface area (Å²) in [6.45, 7) is 3.23. The van der Waals surface area contributed by atoms with E-state index in [1.165, 1.54) is 0 Å². The molecule has 114 valence electrons. The monoisotopic (exact) mass is 305 g/mol. The average Bonchev–Trinajstić information content (AvgIpc) is 3.05. The smallest absolute Gasteiger partial charge is 0.259 e. The number of carbonyl (C=O) groups excluding carboxylic acids is 1. The molecule has 0 fully saturated rings. The number of hydrogen-bond donors (Lipinski definition) is 1. The van der Waals surface area contributed by atoms with Crippen LogP contribution < -0.4 is 5.32 Å². The van der Waals surface area contributed by atoms with E-state index in [1.54, 1.807) is 18.3 Å². The fraction of sp³-hybridized carbons (Fsp3) is 0.176. The van der Waals surface area contributed by atoms with Crippen LogP contribution in [0, 0.1) is 6.92 Å². The van der Waals surface area contributed by atoms with Crippen LogP contribution >= 0.6 is 0 Å². The van der Waals surface area contributed by atoms with Gasteiger partial charge in [-0.05, 0) is 31.2 Å². The molecule has 1 aromatic carbocycles. The van der Waals surface area contributed by atoms with Gasteiger partial charge >= 0.3 is 0 Å². The van der Waals surface area contributed by atoms with Crippen LogP contribution in [0.1, 0.15) is 21.6 Å². The van der Waals surface area contributed by atoms with Crippen molar-refractivity contribution in [2.24, 2.45) is 9.98 Å². The van der Waals surface area contributed by atoms with Gasteiger partial charge in [-0.15, -0.1) is 0 Å². The van der Waals surface area contributed by atoms with Gasteiger partial charge in [0, 0.05) is 24.0 Å². The molecule has 0 unspecified atom stereocenters. The lowest BCUT2D eigenvalue weighted by molar-refractivity contribution is 0.0973. The van der Waals surface area contributed by atoms with E-state index in [2.05, 4.69) is 20.3 Å². The molecule has 2 aliphatic rings. The average molecular weight is 305 g/mol. The second kappa shape index (κ2) is 5.31. The third-order valence-electron chi connectivity index (χ3n) is 3.94.